The highest BCUT2D eigenvalue weighted by Gasteiger charge is 2.21. The summed E-state index contributed by atoms with van der Waals surface area (Å²) in [5.41, 5.74) is 2.56. The Hall–Kier alpha value is -1.26. The van der Waals surface area contributed by atoms with Gasteiger partial charge >= 0.3 is 0 Å². The quantitative estimate of drug-likeness (QED) is 0.794. The normalized spacial score (nSPS) is 11.8. The van der Waals surface area contributed by atoms with Crippen LogP contribution in [0, 0.1) is 0 Å². The van der Waals surface area contributed by atoms with E-state index in [1.807, 2.05) is 17.8 Å². The van der Waals surface area contributed by atoms with Gasteiger partial charge in [0.15, 0.2) is 0 Å². The molecule has 3 rings (SSSR count). The average molecular weight is 334 g/mol. The van der Waals surface area contributed by atoms with Crippen molar-refractivity contribution in [2.75, 3.05) is 6.54 Å². The van der Waals surface area contributed by atoms with Gasteiger partial charge in [-0.2, -0.15) is 0 Å². The molecule has 2 nitrogen and oxygen atoms in total. The van der Waals surface area contributed by atoms with Crippen molar-refractivity contribution in [2.24, 2.45) is 0 Å². The third kappa shape index (κ3) is 3.93. The zero-order valence-corrected chi connectivity index (χ0v) is 15.1. The highest BCUT2D eigenvalue weighted by molar-refractivity contribution is 7.98. The topological polar surface area (TPSA) is 29.1 Å². The van der Waals surface area contributed by atoms with E-state index >= 15 is 0 Å². The molecule has 118 valence electrons. The number of rotatable bonds is 3. The molecule has 0 saturated heterocycles. The number of nitrogens with one attached hydrogen (secondary N) is 1. The summed E-state index contributed by atoms with van der Waals surface area (Å²) in [4.78, 5) is 15.4. The van der Waals surface area contributed by atoms with E-state index in [0.717, 1.165) is 23.6 Å². The first-order valence-corrected chi connectivity index (χ1v) is 9.64. The Morgan fingerprint density at radius 1 is 1.23 bits per heavy atom. The zero-order chi connectivity index (χ0) is 15.9. The molecule has 1 amide bonds. The molecular weight excluding hydrogens is 310 g/mol. The van der Waals surface area contributed by atoms with Gasteiger partial charge in [-0.3, -0.25) is 4.79 Å². The van der Waals surface area contributed by atoms with Crippen molar-refractivity contribution in [3.63, 3.8) is 0 Å². The minimum atomic E-state index is 0.0590. The fourth-order valence-corrected chi connectivity index (χ4v) is 4.47. The highest BCUT2D eigenvalue weighted by Crippen LogP contribution is 2.45. The smallest absolute Gasteiger partial charge is 0.261 e. The SMILES string of the molecule is CCC.CCCNC(=O)c1cc2c(s1)-c1ccccc1SC2. The van der Waals surface area contributed by atoms with Gasteiger partial charge < -0.3 is 5.32 Å². The van der Waals surface area contributed by atoms with Crippen molar-refractivity contribution < 1.29 is 4.79 Å². The number of hydrogen-bond donors (Lipinski definition) is 1. The molecule has 1 aromatic heterocycles. The third-order valence-electron chi connectivity index (χ3n) is 3.08. The maximum atomic E-state index is 12.0. The Balaban J connectivity index is 0.000000545. The summed E-state index contributed by atoms with van der Waals surface area (Å²) in [6, 6.07) is 10.5. The number of thioether (sulfide) groups is 1. The highest BCUT2D eigenvalue weighted by atomic mass is 32.2. The van der Waals surface area contributed by atoms with E-state index in [4.69, 9.17) is 0 Å². The monoisotopic (exact) mass is 333 g/mol. The molecule has 0 unspecified atom stereocenters. The van der Waals surface area contributed by atoms with Crippen LogP contribution in [0.25, 0.3) is 10.4 Å². The molecule has 4 heteroatoms. The standard InChI is InChI=1S/C15H15NOS2.C3H8/c1-2-7-16-15(17)13-8-10-9-18-12-6-4-3-5-11(12)14(10)19-13;1-3-2/h3-6,8H,2,7,9H2,1H3,(H,16,17);3H2,1-2H3. The van der Waals surface area contributed by atoms with Crippen LogP contribution in [0.15, 0.2) is 35.2 Å². The molecule has 1 aliphatic heterocycles. The Labute approximate surface area is 141 Å². The van der Waals surface area contributed by atoms with E-state index in [1.165, 1.54) is 27.3 Å². The molecule has 1 N–H and O–H groups in total. The molecule has 2 heterocycles. The van der Waals surface area contributed by atoms with E-state index in [1.54, 1.807) is 11.3 Å². The fourth-order valence-electron chi connectivity index (χ4n) is 2.14. The van der Waals surface area contributed by atoms with Crippen LogP contribution in [0.4, 0.5) is 0 Å². The lowest BCUT2D eigenvalue weighted by Crippen LogP contribution is -2.22. The van der Waals surface area contributed by atoms with Gasteiger partial charge in [-0.25, -0.2) is 0 Å². The van der Waals surface area contributed by atoms with Crippen molar-refractivity contribution in [2.45, 2.75) is 44.3 Å². The van der Waals surface area contributed by atoms with Gasteiger partial charge in [0.2, 0.25) is 0 Å². The molecular formula is C18H23NOS2. The van der Waals surface area contributed by atoms with Crippen LogP contribution in [0.3, 0.4) is 0 Å². The number of amides is 1. The lowest BCUT2D eigenvalue weighted by Gasteiger charge is -2.14. The van der Waals surface area contributed by atoms with Crippen molar-refractivity contribution in [1.82, 2.24) is 5.32 Å². The molecule has 0 bridgehead atoms. The Morgan fingerprint density at radius 2 is 1.95 bits per heavy atom. The lowest BCUT2D eigenvalue weighted by molar-refractivity contribution is 0.0957. The summed E-state index contributed by atoms with van der Waals surface area (Å²) in [6.45, 7) is 7.05. The van der Waals surface area contributed by atoms with Crippen LogP contribution in [0.2, 0.25) is 0 Å². The fraction of sp³-hybridized carbons (Fsp3) is 0.389. The van der Waals surface area contributed by atoms with E-state index in [2.05, 4.69) is 50.4 Å². The first-order chi connectivity index (χ1) is 10.7. The van der Waals surface area contributed by atoms with Gasteiger partial charge in [0.1, 0.15) is 0 Å². The predicted octanol–water partition coefficient (Wildman–Crippen LogP) is 5.58. The van der Waals surface area contributed by atoms with Crippen LogP contribution >= 0.6 is 23.1 Å². The largest absolute Gasteiger partial charge is 0.351 e. The second-order valence-corrected chi connectivity index (χ2v) is 7.28. The Bertz CT molecular complexity index is 634. The third-order valence-corrected chi connectivity index (χ3v) is 5.41. The zero-order valence-electron chi connectivity index (χ0n) is 13.4. The lowest BCUT2D eigenvalue weighted by atomic mass is 10.1. The summed E-state index contributed by atoms with van der Waals surface area (Å²) in [7, 11) is 0. The van der Waals surface area contributed by atoms with Crippen LogP contribution in [0.1, 0.15) is 48.8 Å². The van der Waals surface area contributed by atoms with Crippen LogP contribution < -0.4 is 5.32 Å². The summed E-state index contributed by atoms with van der Waals surface area (Å²) >= 11 is 3.46. The van der Waals surface area contributed by atoms with Crippen LogP contribution in [-0.2, 0) is 5.75 Å². The number of carbonyl (C=O) groups is 1. The van der Waals surface area contributed by atoms with Crippen molar-refractivity contribution in [3.8, 4) is 10.4 Å². The van der Waals surface area contributed by atoms with Gasteiger partial charge in [0.25, 0.3) is 5.91 Å². The first kappa shape index (κ1) is 17.1. The van der Waals surface area contributed by atoms with Crippen molar-refractivity contribution in [3.05, 3.63) is 40.8 Å². The molecule has 0 saturated carbocycles. The molecule has 0 atom stereocenters. The summed E-state index contributed by atoms with van der Waals surface area (Å²) < 4.78 is 0. The van der Waals surface area contributed by atoms with E-state index in [0.29, 0.717) is 0 Å². The summed E-state index contributed by atoms with van der Waals surface area (Å²) in [5, 5.41) is 2.95. The maximum Gasteiger partial charge on any atom is 0.261 e. The van der Waals surface area contributed by atoms with Crippen LogP contribution in [-0.4, -0.2) is 12.5 Å². The first-order valence-electron chi connectivity index (χ1n) is 7.84. The predicted molar refractivity (Wildman–Crippen MR) is 97.9 cm³/mol. The van der Waals surface area contributed by atoms with Gasteiger partial charge in [0.05, 0.1) is 4.88 Å². The summed E-state index contributed by atoms with van der Waals surface area (Å²) in [6.07, 6.45) is 2.22. The second-order valence-electron chi connectivity index (χ2n) is 5.21. The van der Waals surface area contributed by atoms with Gasteiger partial charge in [-0.15, -0.1) is 23.1 Å². The molecule has 1 aliphatic rings. The van der Waals surface area contributed by atoms with Crippen molar-refractivity contribution in [1.29, 1.82) is 0 Å². The summed E-state index contributed by atoms with van der Waals surface area (Å²) in [5.74, 6) is 1.02. The number of fused-ring (bicyclic) bond motifs is 3. The van der Waals surface area contributed by atoms with E-state index in [9.17, 15) is 4.79 Å². The number of benzene rings is 1. The van der Waals surface area contributed by atoms with Gasteiger partial charge in [-0.1, -0.05) is 45.4 Å². The van der Waals surface area contributed by atoms with E-state index < -0.39 is 0 Å². The number of carbonyl (C=O) groups excluding carboxylic acids is 1. The minimum absolute atomic E-state index is 0.0590. The van der Waals surface area contributed by atoms with E-state index in [-0.39, 0.29) is 5.91 Å². The second kappa shape index (κ2) is 8.39. The number of thiophene rings is 1. The Kier molecular flexibility index (Phi) is 6.52. The van der Waals surface area contributed by atoms with Gasteiger partial charge in [0, 0.05) is 27.6 Å². The molecule has 2 aromatic rings. The molecule has 0 aliphatic carbocycles. The maximum absolute atomic E-state index is 12.0. The van der Waals surface area contributed by atoms with Crippen LogP contribution in [0.5, 0.6) is 0 Å². The Morgan fingerprint density at radius 3 is 2.68 bits per heavy atom. The molecule has 22 heavy (non-hydrogen) atoms. The molecule has 1 aromatic carbocycles. The van der Waals surface area contributed by atoms with Gasteiger partial charge in [-0.05, 0) is 24.1 Å². The minimum Gasteiger partial charge on any atom is -0.351 e. The molecule has 0 spiro atoms. The number of hydrogen-bond acceptors (Lipinski definition) is 3. The van der Waals surface area contributed by atoms with Crippen molar-refractivity contribution >= 4 is 29.0 Å². The molecule has 0 radical (unpaired) electrons. The molecule has 0 fully saturated rings. The average Bonchev–Trinajstić information content (AvgIpc) is 2.98.